The van der Waals surface area contributed by atoms with Crippen molar-refractivity contribution in [3.8, 4) is 0 Å². The van der Waals surface area contributed by atoms with E-state index >= 15 is 0 Å². The number of carbonyl (C=O) groups excluding carboxylic acids is 1. The molecular weight excluding hydrogens is 316 g/mol. The van der Waals surface area contributed by atoms with Crippen molar-refractivity contribution in [3.63, 3.8) is 0 Å². The second-order valence-corrected chi connectivity index (χ2v) is 6.55. The van der Waals surface area contributed by atoms with E-state index in [2.05, 4.69) is 0 Å². The zero-order valence-electron chi connectivity index (χ0n) is 13.5. The van der Waals surface area contributed by atoms with Gasteiger partial charge in [0.25, 0.3) is 0 Å². The normalized spacial score (nSPS) is 37.1. The molecule has 24 heavy (non-hydrogen) atoms. The van der Waals surface area contributed by atoms with Crippen molar-refractivity contribution >= 4 is 6.16 Å². The lowest BCUT2D eigenvalue weighted by molar-refractivity contribution is -0.228. The number of fused-ring (bicyclic) bond motifs is 1. The summed E-state index contributed by atoms with van der Waals surface area (Å²) in [5.41, 5.74) is 1.04. The summed E-state index contributed by atoms with van der Waals surface area (Å²) < 4.78 is 33.7. The third kappa shape index (κ3) is 3.00. The van der Waals surface area contributed by atoms with Crippen molar-refractivity contribution in [2.24, 2.45) is 0 Å². The molecule has 0 radical (unpaired) electrons. The molecule has 1 aromatic carbocycles. The van der Waals surface area contributed by atoms with E-state index in [0.717, 1.165) is 5.56 Å². The number of rotatable bonds is 4. The highest BCUT2D eigenvalue weighted by Gasteiger charge is 2.58. The lowest BCUT2D eigenvalue weighted by Crippen LogP contribution is -2.43. The number of hydrogen-bond acceptors (Lipinski definition) is 7. The van der Waals surface area contributed by atoms with Crippen LogP contribution >= 0.6 is 0 Å². The minimum atomic E-state index is -0.739. The molecule has 3 heterocycles. The van der Waals surface area contributed by atoms with Gasteiger partial charge in [0.1, 0.15) is 24.9 Å². The third-order valence-electron chi connectivity index (χ3n) is 4.29. The van der Waals surface area contributed by atoms with Crippen molar-refractivity contribution in [3.05, 3.63) is 35.9 Å². The van der Waals surface area contributed by atoms with E-state index in [-0.39, 0.29) is 12.7 Å². The van der Waals surface area contributed by atoms with Crippen LogP contribution in [0.15, 0.2) is 30.3 Å². The molecule has 1 aromatic rings. The van der Waals surface area contributed by atoms with Gasteiger partial charge in [0.05, 0.1) is 6.61 Å². The van der Waals surface area contributed by atoms with Crippen LogP contribution in [0.5, 0.6) is 0 Å². The predicted octanol–water partition coefficient (Wildman–Crippen LogP) is 1.98. The van der Waals surface area contributed by atoms with Gasteiger partial charge in [-0.1, -0.05) is 30.3 Å². The van der Waals surface area contributed by atoms with Gasteiger partial charge in [0, 0.05) is 0 Å². The predicted molar refractivity (Wildman–Crippen MR) is 79.9 cm³/mol. The molecule has 5 atom stereocenters. The van der Waals surface area contributed by atoms with Crippen molar-refractivity contribution < 1.29 is 33.2 Å². The second-order valence-electron chi connectivity index (χ2n) is 6.55. The Bertz CT molecular complexity index is 602. The van der Waals surface area contributed by atoms with Gasteiger partial charge in [-0.2, -0.15) is 0 Å². The van der Waals surface area contributed by atoms with Gasteiger partial charge in [0.2, 0.25) is 0 Å². The molecule has 1 unspecified atom stereocenters. The van der Waals surface area contributed by atoms with E-state index in [4.69, 9.17) is 28.4 Å². The van der Waals surface area contributed by atoms with Crippen LogP contribution in [-0.4, -0.2) is 49.3 Å². The van der Waals surface area contributed by atoms with Crippen molar-refractivity contribution in [1.29, 1.82) is 0 Å². The van der Waals surface area contributed by atoms with Gasteiger partial charge in [0.15, 0.2) is 18.2 Å². The molecule has 0 bridgehead atoms. The summed E-state index contributed by atoms with van der Waals surface area (Å²) in [6, 6.07) is 9.82. The van der Waals surface area contributed by atoms with E-state index in [0.29, 0.717) is 6.61 Å². The van der Waals surface area contributed by atoms with Gasteiger partial charge in [-0.15, -0.1) is 0 Å². The van der Waals surface area contributed by atoms with Crippen LogP contribution in [-0.2, 0) is 35.0 Å². The van der Waals surface area contributed by atoms with E-state index in [1.54, 1.807) is 0 Å². The van der Waals surface area contributed by atoms with Crippen LogP contribution in [0.3, 0.4) is 0 Å². The maximum atomic E-state index is 11.2. The SMILES string of the molecule is CC1(C)OC2[C@H](O[C@H]([C@H]3COC(=O)O3)[C@H]2OCc2ccccc2)O1. The Morgan fingerprint density at radius 1 is 1.17 bits per heavy atom. The van der Waals surface area contributed by atoms with Gasteiger partial charge in [-0.25, -0.2) is 4.79 Å². The Labute approximate surface area is 139 Å². The Balaban J connectivity index is 1.50. The second kappa shape index (κ2) is 6.00. The molecule has 0 aliphatic carbocycles. The molecule has 3 saturated heterocycles. The maximum Gasteiger partial charge on any atom is 0.508 e. The zero-order chi connectivity index (χ0) is 16.7. The molecule has 3 aliphatic heterocycles. The highest BCUT2D eigenvalue weighted by molar-refractivity contribution is 5.62. The Hall–Kier alpha value is -1.67. The minimum Gasteiger partial charge on any atom is -0.430 e. The number of carbonyl (C=O) groups is 1. The lowest BCUT2D eigenvalue weighted by Gasteiger charge is -2.27. The van der Waals surface area contributed by atoms with E-state index < -0.39 is 36.5 Å². The van der Waals surface area contributed by atoms with Gasteiger partial charge < -0.3 is 28.4 Å². The lowest BCUT2D eigenvalue weighted by atomic mass is 10.1. The third-order valence-corrected chi connectivity index (χ3v) is 4.29. The summed E-state index contributed by atoms with van der Waals surface area (Å²) in [5.74, 6) is -0.739. The Morgan fingerprint density at radius 3 is 2.67 bits per heavy atom. The fraction of sp³-hybridized carbons (Fsp3) is 0.588. The number of benzene rings is 1. The standard InChI is InChI=1S/C17H20O7/c1-17(2)23-14-13(19-8-10-6-4-3-5-7-10)12(22-15(14)24-17)11-9-20-16(18)21-11/h3-7,11-15H,8-9H2,1-2H3/t11-,12-,13-,14?,15-/m1/s1. The smallest absolute Gasteiger partial charge is 0.430 e. The van der Waals surface area contributed by atoms with Crippen LogP contribution in [0, 0.1) is 0 Å². The molecule has 0 aromatic heterocycles. The molecule has 0 amide bonds. The topological polar surface area (TPSA) is 72.5 Å². The zero-order valence-corrected chi connectivity index (χ0v) is 13.5. The number of hydrogen-bond donors (Lipinski definition) is 0. The number of cyclic esters (lactones) is 2. The maximum absolute atomic E-state index is 11.2. The highest BCUT2D eigenvalue weighted by atomic mass is 16.8. The monoisotopic (exact) mass is 336 g/mol. The van der Waals surface area contributed by atoms with Crippen LogP contribution in [0.2, 0.25) is 0 Å². The first-order valence-electron chi connectivity index (χ1n) is 8.02. The molecule has 7 heteroatoms. The Kier molecular flexibility index (Phi) is 3.96. The minimum absolute atomic E-state index is 0.136. The van der Waals surface area contributed by atoms with Crippen molar-refractivity contribution in [1.82, 2.24) is 0 Å². The van der Waals surface area contributed by atoms with Crippen molar-refractivity contribution in [2.45, 2.75) is 56.9 Å². The molecule has 0 spiro atoms. The molecule has 0 saturated carbocycles. The van der Waals surface area contributed by atoms with Gasteiger partial charge >= 0.3 is 6.16 Å². The summed E-state index contributed by atoms with van der Waals surface area (Å²) in [5, 5.41) is 0. The van der Waals surface area contributed by atoms with Crippen molar-refractivity contribution in [2.75, 3.05) is 6.61 Å². The first-order valence-corrected chi connectivity index (χ1v) is 8.02. The highest BCUT2D eigenvalue weighted by Crippen LogP contribution is 2.41. The molecule has 0 N–H and O–H groups in total. The average molecular weight is 336 g/mol. The van der Waals surface area contributed by atoms with Crippen LogP contribution < -0.4 is 0 Å². The van der Waals surface area contributed by atoms with Crippen LogP contribution in [0.25, 0.3) is 0 Å². The fourth-order valence-electron chi connectivity index (χ4n) is 3.26. The summed E-state index contributed by atoms with van der Waals surface area (Å²) >= 11 is 0. The number of ether oxygens (including phenoxy) is 6. The summed E-state index contributed by atoms with van der Waals surface area (Å²) in [7, 11) is 0. The summed E-state index contributed by atoms with van der Waals surface area (Å²) in [4.78, 5) is 11.2. The first-order chi connectivity index (χ1) is 11.5. The quantitative estimate of drug-likeness (QED) is 0.779. The molecule has 130 valence electrons. The molecule has 3 fully saturated rings. The van der Waals surface area contributed by atoms with Gasteiger partial charge in [-0.3, -0.25) is 0 Å². The molecule has 7 nitrogen and oxygen atoms in total. The largest absolute Gasteiger partial charge is 0.508 e. The van der Waals surface area contributed by atoms with E-state index in [1.165, 1.54) is 0 Å². The molecule has 3 aliphatic rings. The molecular formula is C17H20O7. The Morgan fingerprint density at radius 2 is 1.96 bits per heavy atom. The summed E-state index contributed by atoms with van der Waals surface area (Å²) in [6.07, 6.45) is -3.07. The van der Waals surface area contributed by atoms with E-state index in [1.807, 2.05) is 44.2 Å². The fourth-order valence-corrected chi connectivity index (χ4v) is 3.26. The van der Waals surface area contributed by atoms with Crippen LogP contribution in [0.1, 0.15) is 19.4 Å². The van der Waals surface area contributed by atoms with Gasteiger partial charge in [-0.05, 0) is 19.4 Å². The average Bonchev–Trinajstić information content (AvgIpc) is 3.18. The first kappa shape index (κ1) is 15.8. The summed E-state index contributed by atoms with van der Waals surface area (Å²) in [6.45, 7) is 4.20. The van der Waals surface area contributed by atoms with E-state index in [9.17, 15) is 4.79 Å². The van der Waals surface area contributed by atoms with Crippen LogP contribution in [0.4, 0.5) is 4.79 Å². The molecule has 4 rings (SSSR count).